The SMILES string of the molecule is CC(C)(C)OC(=O)COCCOCCn1cc(-c2cc(-c3ccccc3O)nnc2N)cn1.CC(C)(C)OC(=O)COCCOCCn1cc(-c2cc(Cl)nnc2N)cn1.OB(O)c1ccccc1O. The van der Waals surface area contributed by atoms with Crippen molar-refractivity contribution >= 4 is 47.8 Å². The van der Waals surface area contributed by atoms with Gasteiger partial charge >= 0.3 is 19.1 Å². The summed E-state index contributed by atoms with van der Waals surface area (Å²) in [5.41, 5.74) is 14.9. The summed E-state index contributed by atoms with van der Waals surface area (Å²) >= 11 is 5.85. The summed E-state index contributed by atoms with van der Waals surface area (Å²) < 4.78 is 35.2. The lowest BCUT2D eigenvalue weighted by atomic mass is 9.80. The maximum atomic E-state index is 11.6. The van der Waals surface area contributed by atoms with E-state index in [4.69, 9.17) is 66.6 Å². The van der Waals surface area contributed by atoms with E-state index in [1.807, 2.05) is 39.2 Å². The van der Waals surface area contributed by atoms with Crippen LogP contribution < -0.4 is 16.9 Å². The summed E-state index contributed by atoms with van der Waals surface area (Å²) in [6.45, 7) is 13.9. The van der Waals surface area contributed by atoms with Crippen LogP contribution in [0.4, 0.5) is 11.6 Å². The van der Waals surface area contributed by atoms with Crippen molar-refractivity contribution in [3.05, 3.63) is 90.6 Å². The number of nitrogen functional groups attached to an aromatic ring is 2. The van der Waals surface area contributed by atoms with Crippen molar-refractivity contribution in [1.82, 2.24) is 40.0 Å². The van der Waals surface area contributed by atoms with Crippen LogP contribution in [0.25, 0.3) is 33.5 Å². The number of carbonyl (C=O) groups excluding carboxylic acids is 2. The fourth-order valence-corrected chi connectivity index (χ4v) is 5.97. The van der Waals surface area contributed by atoms with Crippen molar-refractivity contribution < 1.29 is 58.3 Å². The van der Waals surface area contributed by atoms with E-state index < -0.39 is 30.3 Å². The number of esters is 2. The fraction of sp³-hybridized carbons (Fsp3) is 0.391. The Morgan fingerprint density at radius 2 is 1.07 bits per heavy atom. The zero-order valence-corrected chi connectivity index (χ0v) is 40.7. The number of ether oxygens (including phenoxy) is 6. The molecule has 4 aromatic heterocycles. The van der Waals surface area contributed by atoms with Crippen molar-refractivity contribution in [2.24, 2.45) is 0 Å². The molecule has 0 fully saturated rings. The van der Waals surface area contributed by atoms with Crippen LogP contribution >= 0.6 is 11.6 Å². The van der Waals surface area contributed by atoms with Gasteiger partial charge in [-0.05, 0) is 71.9 Å². The number of hydrogen-bond acceptors (Lipinski definition) is 20. The third-order valence-electron chi connectivity index (χ3n) is 8.85. The van der Waals surface area contributed by atoms with E-state index >= 15 is 0 Å². The number of hydrogen-bond donors (Lipinski definition) is 6. The number of anilines is 2. The van der Waals surface area contributed by atoms with Gasteiger partial charge in [-0.15, -0.1) is 20.4 Å². The first-order valence-corrected chi connectivity index (χ1v) is 22.2. The second-order valence-electron chi connectivity index (χ2n) is 16.9. The number of halogens is 1. The van der Waals surface area contributed by atoms with Crippen LogP contribution in [0.1, 0.15) is 41.5 Å². The Hall–Kier alpha value is -6.73. The number of aromatic nitrogens is 8. The first-order valence-electron chi connectivity index (χ1n) is 21.8. The third kappa shape index (κ3) is 20.1. The normalized spacial score (nSPS) is 11.2. The minimum Gasteiger partial charge on any atom is -0.508 e. The molecular formula is C46H60BClN10O12. The van der Waals surface area contributed by atoms with E-state index in [9.17, 15) is 14.7 Å². The highest BCUT2D eigenvalue weighted by atomic mass is 35.5. The first kappa shape index (κ1) is 55.9. The molecule has 0 atom stereocenters. The lowest BCUT2D eigenvalue weighted by Gasteiger charge is -2.19. The van der Waals surface area contributed by atoms with Gasteiger partial charge < -0.3 is 60.1 Å². The molecule has 8 N–H and O–H groups in total. The van der Waals surface area contributed by atoms with Crippen LogP contribution in [0.5, 0.6) is 11.5 Å². The van der Waals surface area contributed by atoms with E-state index in [1.165, 1.54) is 12.1 Å². The molecule has 0 saturated heterocycles. The predicted molar refractivity (Wildman–Crippen MR) is 260 cm³/mol. The quantitative estimate of drug-likeness (QED) is 0.0361. The Morgan fingerprint density at radius 3 is 1.54 bits per heavy atom. The van der Waals surface area contributed by atoms with Crippen LogP contribution in [0.15, 0.2) is 85.5 Å². The molecule has 0 bridgehead atoms. The molecule has 0 amide bonds. The zero-order chi connectivity index (χ0) is 51.3. The molecule has 0 saturated carbocycles. The highest BCUT2D eigenvalue weighted by Gasteiger charge is 2.18. The standard InChI is InChI=1S/C23H29N5O5.C17H24ClN5O4.C6H7BO3/c1-23(2,3)33-21(30)15-32-11-10-31-9-8-28-14-16(13-25-28)18-12-19(26-27-22(18)24)17-6-4-5-7-20(17)29;1-17(2,3)27-15(24)11-26-7-6-25-5-4-23-10-12(9-20-23)13-8-14(18)21-22-16(13)19;8-6-4-2-1-3-5(6)7(9)10/h4-7,12-14,29H,8-11,15H2,1-3H3,(H2,24,27);8-10H,4-7,11H2,1-3H3,(H2,19,22);1-4,8-10H. The Labute approximate surface area is 410 Å². The number of para-hydroxylation sites is 2. The largest absolute Gasteiger partial charge is 0.508 e. The topological polar surface area (TPSA) is 310 Å². The van der Waals surface area contributed by atoms with Crippen molar-refractivity contribution in [2.75, 3.05) is 64.3 Å². The molecule has 376 valence electrons. The van der Waals surface area contributed by atoms with Gasteiger partial charge in [0, 0.05) is 45.7 Å². The molecule has 0 aliphatic heterocycles. The zero-order valence-electron chi connectivity index (χ0n) is 39.9. The molecule has 6 aromatic rings. The van der Waals surface area contributed by atoms with Crippen molar-refractivity contribution in [3.8, 4) is 45.0 Å². The number of benzene rings is 2. The highest BCUT2D eigenvalue weighted by Crippen LogP contribution is 2.32. The summed E-state index contributed by atoms with van der Waals surface area (Å²) in [5.74, 6) is -0.217. The molecule has 24 heteroatoms. The molecule has 0 spiro atoms. The number of phenols is 2. The highest BCUT2D eigenvalue weighted by molar-refractivity contribution is 6.59. The second kappa shape index (κ2) is 27.5. The maximum absolute atomic E-state index is 11.6. The number of rotatable bonds is 20. The van der Waals surface area contributed by atoms with Gasteiger partial charge in [0.15, 0.2) is 16.8 Å². The van der Waals surface area contributed by atoms with Gasteiger partial charge in [-0.25, -0.2) is 9.59 Å². The lowest BCUT2D eigenvalue weighted by molar-refractivity contribution is -0.161. The molecule has 4 heterocycles. The van der Waals surface area contributed by atoms with E-state index in [0.29, 0.717) is 68.5 Å². The second-order valence-corrected chi connectivity index (χ2v) is 17.3. The molecular weight excluding hydrogens is 931 g/mol. The predicted octanol–water partition coefficient (Wildman–Crippen LogP) is 3.69. The van der Waals surface area contributed by atoms with E-state index in [1.54, 1.807) is 85.0 Å². The average Bonchev–Trinajstić information content (AvgIpc) is 3.97. The monoisotopic (exact) mass is 990 g/mol. The number of nitrogens with two attached hydrogens (primary N) is 2. The minimum atomic E-state index is -1.60. The lowest BCUT2D eigenvalue weighted by Crippen LogP contribution is -2.29. The molecule has 0 aliphatic carbocycles. The van der Waals surface area contributed by atoms with Crippen LogP contribution in [-0.2, 0) is 51.1 Å². The number of carbonyl (C=O) groups is 2. The summed E-state index contributed by atoms with van der Waals surface area (Å²) in [5, 5.41) is 60.7. The molecule has 6 rings (SSSR count). The Kier molecular flexibility index (Phi) is 21.9. The molecule has 70 heavy (non-hydrogen) atoms. The average molecular weight is 991 g/mol. The smallest absolute Gasteiger partial charge is 0.492 e. The molecule has 0 radical (unpaired) electrons. The van der Waals surface area contributed by atoms with Gasteiger partial charge in [0.05, 0.1) is 70.8 Å². The third-order valence-corrected chi connectivity index (χ3v) is 9.04. The molecule has 2 aromatic carbocycles. The minimum absolute atomic E-state index is 0.0902. The van der Waals surface area contributed by atoms with Crippen molar-refractivity contribution in [1.29, 1.82) is 0 Å². The van der Waals surface area contributed by atoms with Crippen LogP contribution in [0.3, 0.4) is 0 Å². The van der Waals surface area contributed by atoms with Crippen LogP contribution in [-0.4, -0.2) is 143 Å². The molecule has 22 nitrogen and oxygen atoms in total. The summed E-state index contributed by atoms with van der Waals surface area (Å²) in [6, 6.07) is 16.4. The number of nitrogens with zero attached hydrogens (tertiary/aromatic N) is 8. The van der Waals surface area contributed by atoms with E-state index in [-0.39, 0.29) is 53.6 Å². The fourth-order valence-electron chi connectivity index (χ4n) is 5.83. The summed E-state index contributed by atoms with van der Waals surface area (Å²) in [6.07, 6.45) is 7.02. The van der Waals surface area contributed by atoms with E-state index in [0.717, 1.165) is 11.1 Å². The van der Waals surface area contributed by atoms with Gasteiger partial charge in [-0.1, -0.05) is 41.9 Å². The van der Waals surface area contributed by atoms with Gasteiger partial charge in [0.2, 0.25) is 0 Å². The summed E-state index contributed by atoms with van der Waals surface area (Å²) in [4.78, 5) is 23.0. The van der Waals surface area contributed by atoms with Gasteiger partial charge in [0.1, 0.15) is 35.9 Å². The maximum Gasteiger partial charge on any atom is 0.492 e. The van der Waals surface area contributed by atoms with Crippen molar-refractivity contribution in [3.63, 3.8) is 0 Å². The number of phenolic OH excluding ortho intramolecular Hbond substituents is 2. The van der Waals surface area contributed by atoms with Gasteiger partial charge in [0.25, 0.3) is 0 Å². The van der Waals surface area contributed by atoms with E-state index in [2.05, 4.69) is 30.6 Å². The Bertz CT molecular complexity index is 2570. The van der Waals surface area contributed by atoms with Gasteiger partial charge in [-0.3, -0.25) is 9.36 Å². The van der Waals surface area contributed by atoms with Crippen LogP contribution in [0.2, 0.25) is 5.15 Å². The van der Waals surface area contributed by atoms with Crippen LogP contribution in [0, 0.1) is 0 Å². The number of aromatic hydroxyl groups is 2. The molecule has 0 aliphatic rings. The van der Waals surface area contributed by atoms with Gasteiger partial charge in [-0.2, -0.15) is 10.2 Å². The summed E-state index contributed by atoms with van der Waals surface area (Å²) in [7, 11) is -1.60. The van der Waals surface area contributed by atoms with Crippen molar-refractivity contribution in [2.45, 2.75) is 65.8 Å². The first-order chi connectivity index (χ1) is 33.2. The Balaban J connectivity index is 0.000000258. The molecule has 0 unspecified atom stereocenters. The Morgan fingerprint density at radius 1 is 0.614 bits per heavy atom.